The van der Waals surface area contributed by atoms with Crippen molar-refractivity contribution in [1.29, 1.82) is 0 Å². The highest BCUT2D eigenvalue weighted by Crippen LogP contribution is 2.32. The molecule has 1 heterocycles. The van der Waals surface area contributed by atoms with Crippen molar-refractivity contribution in [2.75, 3.05) is 32.6 Å². The Morgan fingerprint density at radius 1 is 0.946 bits per heavy atom. The van der Waals surface area contributed by atoms with Gasteiger partial charge in [0.15, 0.2) is 0 Å². The van der Waals surface area contributed by atoms with Gasteiger partial charge < -0.3 is 14.5 Å². The van der Waals surface area contributed by atoms with Crippen molar-refractivity contribution in [3.05, 3.63) is 95.1 Å². The van der Waals surface area contributed by atoms with Crippen molar-refractivity contribution < 1.29 is 14.0 Å². The molecule has 0 unspecified atom stereocenters. The number of ether oxygens (including phenoxy) is 1. The van der Waals surface area contributed by atoms with Crippen LogP contribution in [0.4, 0.5) is 5.69 Å². The van der Waals surface area contributed by atoms with Crippen molar-refractivity contribution in [1.82, 2.24) is 0 Å². The molecule has 4 heteroatoms. The molecule has 0 bridgehead atoms. The lowest BCUT2D eigenvalue weighted by atomic mass is 9.93. The van der Waals surface area contributed by atoms with E-state index in [-0.39, 0.29) is 5.91 Å². The van der Waals surface area contributed by atoms with E-state index in [0.717, 1.165) is 78.7 Å². The van der Waals surface area contributed by atoms with Gasteiger partial charge >= 0.3 is 0 Å². The van der Waals surface area contributed by atoms with Crippen LogP contribution in [-0.2, 0) is 22.5 Å². The molecule has 37 heavy (non-hydrogen) atoms. The summed E-state index contributed by atoms with van der Waals surface area (Å²) in [5, 5.41) is 3.17. The van der Waals surface area contributed by atoms with E-state index in [1.807, 2.05) is 12.1 Å². The summed E-state index contributed by atoms with van der Waals surface area (Å²) in [6.45, 7) is 4.80. The van der Waals surface area contributed by atoms with Gasteiger partial charge in [0, 0.05) is 29.7 Å². The average molecular weight is 496 g/mol. The number of hydrogen-bond acceptors (Lipinski definition) is 2. The first-order chi connectivity index (χ1) is 17.9. The number of nitrogens with one attached hydrogen (secondary N) is 1. The summed E-state index contributed by atoms with van der Waals surface area (Å²) < 4.78 is 6.52. The topological polar surface area (TPSA) is 38.3 Å². The van der Waals surface area contributed by atoms with E-state index >= 15 is 0 Å². The Hall–Kier alpha value is -3.21. The van der Waals surface area contributed by atoms with E-state index in [4.69, 9.17) is 4.74 Å². The fourth-order valence-electron chi connectivity index (χ4n) is 5.71. The van der Waals surface area contributed by atoms with Gasteiger partial charge in [0.25, 0.3) is 5.91 Å². The molecule has 3 aromatic carbocycles. The molecule has 1 fully saturated rings. The van der Waals surface area contributed by atoms with Crippen molar-refractivity contribution in [3.8, 4) is 11.1 Å². The molecule has 192 valence electrons. The number of quaternary nitrogens is 1. The molecule has 0 atom stereocenters. The van der Waals surface area contributed by atoms with Gasteiger partial charge in [-0.15, -0.1) is 0 Å². The van der Waals surface area contributed by atoms with Crippen molar-refractivity contribution in [2.45, 2.75) is 51.6 Å². The second kappa shape index (κ2) is 11.0. The highest BCUT2D eigenvalue weighted by molar-refractivity contribution is 6.25. The summed E-state index contributed by atoms with van der Waals surface area (Å²) in [5.74, 6) is -0.0322. The third-order valence-electron chi connectivity index (χ3n) is 8.01. The number of carbonyl (C=O) groups is 1. The molecular formula is C33H39N2O2+. The molecule has 1 aliphatic heterocycles. The largest absolute Gasteiger partial charge is 0.381 e. The van der Waals surface area contributed by atoms with Crippen molar-refractivity contribution >= 4 is 17.2 Å². The summed E-state index contributed by atoms with van der Waals surface area (Å²) in [7, 11) is 4.62. The fraction of sp³-hybridized carbons (Fsp3) is 0.364. The number of benzene rings is 3. The van der Waals surface area contributed by atoms with E-state index in [0.29, 0.717) is 6.04 Å². The number of fused-ring (bicyclic) bond motifs is 1. The Bertz CT molecular complexity index is 1270. The minimum atomic E-state index is -0.0322. The number of amides is 1. The number of nitrogens with zero attached hydrogens (tertiary/aromatic N) is 1. The molecule has 0 saturated carbocycles. The van der Waals surface area contributed by atoms with Gasteiger partial charge in [-0.3, -0.25) is 4.79 Å². The van der Waals surface area contributed by atoms with Gasteiger partial charge in [0.05, 0.1) is 33.4 Å². The molecule has 1 aliphatic carbocycles. The number of aryl methyl sites for hydroxylation is 2. The summed E-state index contributed by atoms with van der Waals surface area (Å²) in [6, 6.07) is 24.2. The number of allylic oxidation sites excluding steroid dienone is 1. The minimum Gasteiger partial charge on any atom is -0.381 e. The van der Waals surface area contributed by atoms with Gasteiger partial charge in [0.1, 0.15) is 6.54 Å². The first-order valence-corrected chi connectivity index (χ1v) is 13.6. The molecule has 4 nitrogen and oxygen atoms in total. The highest BCUT2D eigenvalue weighted by Gasteiger charge is 2.30. The van der Waals surface area contributed by atoms with Crippen LogP contribution in [-0.4, -0.2) is 43.7 Å². The SMILES string of the molecule is Cc1ccc(-c2ccc3c(c2)C(C(=O)Nc2ccc(C[N+](C)(C)C4CCOCC4)cc2)=CCCC3)cc1. The van der Waals surface area contributed by atoms with Crippen molar-refractivity contribution in [2.24, 2.45) is 0 Å². The normalized spacial score (nSPS) is 16.5. The van der Waals surface area contributed by atoms with Crippen LogP contribution in [0.15, 0.2) is 72.8 Å². The number of anilines is 1. The Labute approximate surface area is 221 Å². The molecule has 0 radical (unpaired) electrons. The van der Waals surface area contributed by atoms with Gasteiger partial charge in [-0.05, 0) is 66.6 Å². The Balaban J connectivity index is 1.31. The molecule has 1 N–H and O–H groups in total. The standard InChI is InChI=1S/C33H38N2O2/c1-24-8-12-26(13-9-24)28-15-14-27-6-4-5-7-31(32(27)22-28)33(36)34-29-16-10-25(11-17-29)23-35(2,3)30-18-20-37-21-19-30/h7-17,22,30H,4-6,18-21,23H2,1-3H3/p+1. The predicted molar refractivity (Wildman–Crippen MR) is 152 cm³/mol. The van der Waals surface area contributed by atoms with Gasteiger partial charge in [0.2, 0.25) is 0 Å². The maximum atomic E-state index is 13.5. The zero-order valence-corrected chi connectivity index (χ0v) is 22.4. The lowest BCUT2D eigenvalue weighted by molar-refractivity contribution is -0.929. The minimum absolute atomic E-state index is 0.0322. The van der Waals surface area contributed by atoms with Crippen LogP contribution in [0.5, 0.6) is 0 Å². The monoisotopic (exact) mass is 495 g/mol. The van der Waals surface area contributed by atoms with Gasteiger partial charge in [-0.1, -0.05) is 60.2 Å². The predicted octanol–water partition coefficient (Wildman–Crippen LogP) is 6.78. The number of rotatable bonds is 6. The van der Waals surface area contributed by atoms with E-state index in [1.165, 1.54) is 22.3 Å². The molecule has 1 saturated heterocycles. The average Bonchev–Trinajstić information content (AvgIpc) is 3.13. The van der Waals surface area contributed by atoms with Gasteiger partial charge in [-0.25, -0.2) is 0 Å². The van der Waals surface area contributed by atoms with Crippen LogP contribution < -0.4 is 5.32 Å². The molecule has 3 aromatic rings. The maximum Gasteiger partial charge on any atom is 0.255 e. The van der Waals surface area contributed by atoms with Gasteiger partial charge in [-0.2, -0.15) is 0 Å². The molecule has 0 aromatic heterocycles. The third-order valence-corrected chi connectivity index (χ3v) is 8.01. The van der Waals surface area contributed by atoms with E-state index < -0.39 is 0 Å². The zero-order chi connectivity index (χ0) is 25.8. The summed E-state index contributed by atoms with van der Waals surface area (Å²) in [5.41, 5.74) is 8.78. The Kier molecular flexibility index (Phi) is 7.59. The quantitative estimate of drug-likeness (QED) is 0.383. The van der Waals surface area contributed by atoms with E-state index in [9.17, 15) is 4.79 Å². The van der Waals surface area contributed by atoms with Crippen LogP contribution in [0.2, 0.25) is 0 Å². The van der Waals surface area contributed by atoms with Crippen LogP contribution in [0, 0.1) is 6.92 Å². The molecule has 2 aliphatic rings. The highest BCUT2D eigenvalue weighted by atomic mass is 16.5. The maximum absolute atomic E-state index is 13.5. The number of carbonyl (C=O) groups excluding carboxylic acids is 1. The summed E-state index contributed by atoms with van der Waals surface area (Å²) in [6.07, 6.45) is 7.31. The molecule has 5 rings (SSSR count). The smallest absolute Gasteiger partial charge is 0.255 e. The van der Waals surface area contributed by atoms with Crippen LogP contribution >= 0.6 is 0 Å². The van der Waals surface area contributed by atoms with E-state index in [2.05, 4.69) is 87.0 Å². The Morgan fingerprint density at radius 2 is 1.65 bits per heavy atom. The first kappa shape index (κ1) is 25.4. The first-order valence-electron chi connectivity index (χ1n) is 13.6. The summed E-state index contributed by atoms with van der Waals surface area (Å²) >= 11 is 0. The fourth-order valence-corrected chi connectivity index (χ4v) is 5.71. The second-order valence-corrected chi connectivity index (χ2v) is 11.2. The molecular weight excluding hydrogens is 456 g/mol. The lowest BCUT2D eigenvalue weighted by Crippen LogP contribution is -2.50. The van der Waals surface area contributed by atoms with Crippen LogP contribution in [0.3, 0.4) is 0 Å². The molecule has 0 spiro atoms. The van der Waals surface area contributed by atoms with Crippen molar-refractivity contribution in [3.63, 3.8) is 0 Å². The van der Waals surface area contributed by atoms with E-state index in [1.54, 1.807) is 0 Å². The van der Waals surface area contributed by atoms with Crippen LogP contribution in [0.25, 0.3) is 16.7 Å². The molecule has 1 amide bonds. The van der Waals surface area contributed by atoms with Crippen LogP contribution in [0.1, 0.15) is 47.9 Å². The third kappa shape index (κ3) is 6.03. The zero-order valence-electron chi connectivity index (χ0n) is 22.4. The second-order valence-electron chi connectivity index (χ2n) is 11.2. The Morgan fingerprint density at radius 3 is 2.38 bits per heavy atom. The lowest BCUT2D eigenvalue weighted by Gasteiger charge is -2.40. The number of hydrogen-bond donors (Lipinski definition) is 1. The summed E-state index contributed by atoms with van der Waals surface area (Å²) in [4.78, 5) is 13.5.